The first-order chi connectivity index (χ1) is 17.6. The lowest BCUT2D eigenvalue weighted by Crippen LogP contribution is -2.30. The quantitative estimate of drug-likeness (QED) is 0.303. The van der Waals surface area contributed by atoms with Gasteiger partial charge in [0, 0.05) is 23.7 Å². The third-order valence-corrected chi connectivity index (χ3v) is 5.68. The molecule has 8 nitrogen and oxygen atoms in total. The van der Waals surface area contributed by atoms with Crippen LogP contribution in [0.1, 0.15) is 21.6 Å². The number of hydrogen-bond donors (Lipinski definition) is 0. The minimum Gasteiger partial charge on any atom is -0.497 e. The van der Waals surface area contributed by atoms with Crippen molar-refractivity contribution in [1.29, 1.82) is 0 Å². The average molecular weight is 489 g/mol. The van der Waals surface area contributed by atoms with Crippen molar-refractivity contribution in [2.75, 3.05) is 28.4 Å². The maximum atomic E-state index is 13.5. The summed E-state index contributed by atoms with van der Waals surface area (Å²) in [5.41, 5.74) is 2.84. The summed E-state index contributed by atoms with van der Waals surface area (Å²) < 4.78 is 27.2. The smallest absolute Gasteiger partial charge is 0.254 e. The second-order valence-electron chi connectivity index (χ2n) is 7.98. The Morgan fingerprint density at radius 2 is 1.53 bits per heavy atom. The Kier molecular flexibility index (Phi) is 7.75. The van der Waals surface area contributed by atoms with Crippen LogP contribution in [0.4, 0.5) is 0 Å². The van der Waals surface area contributed by atoms with E-state index in [0.29, 0.717) is 52.1 Å². The number of nitrogens with zero attached hydrogens (tertiary/aromatic N) is 2. The molecule has 1 aromatic heterocycles. The van der Waals surface area contributed by atoms with Crippen LogP contribution in [-0.4, -0.2) is 44.4 Å². The Morgan fingerprint density at radius 3 is 2.17 bits per heavy atom. The van der Waals surface area contributed by atoms with Crippen LogP contribution in [-0.2, 0) is 13.1 Å². The van der Waals surface area contributed by atoms with Gasteiger partial charge in [0.15, 0.2) is 17.3 Å². The summed E-state index contributed by atoms with van der Waals surface area (Å²) in [6.45, 7) is 0.655. The SMILES string of the molecule is COc1cccc(C(=O)N(Cc2ccccc2)Cc2cc(-c3cc(OC)c(OC)c(OC)c3)on2)c1. The first-order valence-corrected chi connectivity index (χ1v) is 11.3. The van der Waals surface area contributed by atoms with E-state index in [0.717, 1.165) is 5.56 Å². The zero-order valence-electron chi connectivity index (χ0n) is 20.7. The molecule has 0 aliphatic rings. The Balaban J connectivity index is 1.64. The van der Waals surface area contributed by atoms with Crippen molar-refractivity contribution >= 4 is 5.91 Å². The van der Waals surface area contributed by atoms with Crippen molar-refractivity contribution in [1.82, 2.24) is 10.1 Å². The number of amides is 1. The molecule has 0 atom stereocenters. The first-order valence-electron chi connectivity index (χ1n) is 11.3. The molecule has 0 radical (unpaired) electrons. The van der Waals surface area contributed by atoms with Gasteiger partial charge in [-0.15, -0.1) is 0 Å². The van der Waals surface area contributed by atoms with E-state index < -0.39 is 0 Å². The second kappa shape index (κ2) is 11.3. The lowest BCUT2D eigenvalue weighted by molar-refractivity contribution is 0.0726. The topological polar surface area (TPSA) is 83.3 Å². The van der Waals surface area contributed by atoms with Crippen molar-refractivity contribution in [3.63, 3.8) is 0 Å². The van der Waals surface area contributed by atoms with Crippen LogP contribution in [0.15, 0.2) is 77.3 Å². The number of aromatic nitrogens is 1. The van der Waals surface area contributed by atoms with Gasteiger partial charge in [-0.3, -0.25) is 4.79 Å². The molecule has 186 valence electrons. The van der Waals surface area contributed by atoms with E-state index in [1.807, 2.05) is 30.3 Å². The average Bonchev–Trinajstić information content (AvgIpc) is 3.40. The van der Waals surface area contributed by atoms with Gasteiger partial charge in [0.05, 0.1) is 35.0 Å². The third kappa shape index (κ3) is 5.43. The third-order valence-electron chi connectivity index (χ3n) is 5.68. The van der Waals surface area contributed by atoms with E-state index in [1.165, 1.54) is 0 Å². The fraction of sp³-hybridized carbons (Fsp3) is 0.214. The standard InChI is InChI=1S/C28H28N2O6/c1-32-23-12-8-11-20(13-23)28(31)30(17-19-9-6-5-7-10-19)18-22-16-24(36-29-22)21-14-25(33-2)27(35-4)26(15-21)34-3/h5-16H,17-18H2,1-4H3. The zero-order chi connectivity index (χ0) is 25.5. The van der Waals surface area contributed by atoms with Gasteiger partial charge >= 0.3 is 0 Å². The number of ether oxygens (including phenoxy) is 4. The molecule has 0 spiro atoms. The molecule has 0 aliphatic heterocycles. The van der Waals surface area contributed by atoms with Crippen LogP contribution in [0.5, 0.6) is 23.0 Å². The summed E-state index contributed by atoms with van der Waals surface area (Å²) in [4.78, 5) is 15.2. The highest BCUT2D eigenvalue weighted by molar-refractivity contribution is 5.94. The number of rotatable bonds is 10. The molecule has 0 bridgehead atoms. The molecule has 1 amide bonds. The molecule has 0 N–H and O–H groups in total. The van der Waals surface area contributed by atoms with Gasteiger partial charge in [0.1, 0.15) is 11.4 Å². The van der Waals surface area contributed by atoms with Crippen molar-refractivity contribution in [2.45, 2.75) is 13.1 Å². The normalized spacial score (nSPS) is 10.6. The summed E-state index contributed by atoms with van der Waals surface area (Å²) in [6.07, 6.45) is 0. The summed E-state index contributed by atoms with van der Waals surface area (Å²) >= 11 is 0. The van der Waals surface area contributed by atoms with Gasteiger partial charge in [0.25, 0.3) is 5.91 Å². The van der Waals surface area contributed by atoms with Crippen molar-refractivity contribution in [2.24, 2.45) is 0 Å². The van der Waals surface area contributed by atoms with Gasteiger partial charge < -0.3 is 28.4 Å². The van der Waals surface area contributed by atoms with Gasteiger partial charge in [-0.1, -0.05) is 41.6 Å². The van der Waals surface area contributed by atoms with Crippen molar-refractivity contribution in [3.05, 3.63) is 89.6 Å². The van der Waals surface area contributed by atoms with Crippen LogP contribution >= 0.6 is 0 Å². The highest BCUT2D eigenvalue weighted by atomic mass is 16.5. The fourth-order valence-corrected chi connectivity index (χ4v) is 3.88. The molecule has 3 aromatic carbocycles. The molecule has 1 heterocycles. The minimum absolute atomic E-state index is 0.143. The molecule has 36 heavy (non-hydrogen) atoms. The molecular formula is C28H28N2O6. The largest absolute Gasteiger partial charge is 0.497 e. The Labute approximate surface area is 209 Å². The maximum absolute atomic E-state index is 13.5. The zero-order valence-corrected chi connectivity index (χ0v) is 20.7. The van der Waals surface area contributed by atoms with E-state index in [2.05, 4.69) is 5.16 Å². The fourth-order valence-electron chi connectivity index (χ4n) is 3.88. The van der Waals surface area contributed by atoms with E-state index in [-0.39, 0.29) is 12.5 Å². The van der Waals surface area contributed by atoms with Crippen molar-refractivity contribution < 1.29 is 28.3 Å². The first kappa shape index (κ1) is 24.7. The lowest BCUT2D eigenvalue weighted by atomic mass is 10.1. The molecule has 8 heteroatoms. The molecule has 4 rings (SSSR count). The van der Waals surface area contributed by atoms with E-state index in [1.54, 1.807) is 75.8 Å². The molecule has 0 fully saturated rings. The Bertz CT molecular complexity index is 1290. The van der Waals surface area contributed by atoms with Crippen LogP contribution in [0.2, 0.25) is 0 Å². The number of methoxy groups -OCH3 is 4. The van der Waals surface area contributed by atoms with Gasteiger partial charge in [-0.2, -0.15) is 0 Å². The highest BCUT2D eigenvalue weighted by Gasteiger charge is 2.21. The summed E-state index contributed by atoms with van der Waals surface area (Å²) in [5, 5.41) is 4.23. The maximum Gasteiger partial charge on any atom is 0.254 e. The molecule has 0 aliphatic carbocycles. The van der Waals surface area contributed by atoms with E-state index in [4.69, 9.17) is 23.5 Å². The van der Waals surface area contributed by atoms with Gasteiger partial charge in [0.2, 0.25) is 5.75 Å². The second-order valence-corrected chi connectivity index (χ2v) is 7.98. The molecule has 0 saturated carbocycles. The van der Waals surface area contributed by atoms with Gasteiger partial charge in [-0.05, 0) is 35.9 Å². The monoisotopic (exact) mass is 488 g/mol. The Morgan fingerprint density at radius 1 is 0.806 bits per heavy atom. The summed E-state index contributed by atoms with van der Waals surface area (Å²) in [6, 6.07) is 22.3. The van der Waals surface area contributed by atoms with Crippen molar-refractivity contribution in [3.8, 4) is 34.3 Å². The van der Waals surface area contributed by atoms with Gasteiger partial charge in [-0.25, -0.2) is 0 Å². The number of hydrogen-bond acceptors (Lipinski definition) is 7. The predicted molar refractivity (Wildman–Crippen MR) is 135 cm³/mol. The van der Waals surface area contributed by atoms with E-state index in [9.17, 15) is 4.79 Å². The number of carbonyl (C=O) groups excluding carboxylic acids is 1. The Hall–Kier alpha value is -4.46. The predicted octanol–water partition coefficient (Wildman–Crippen LogP) is 5.22. The minimum atomic E-state index is -0.143. The van der Waals surface area contributed by atoms with Crippen LogP contribution in [0.3, 0.4) is 0 Å². The van der Waals surface area contributed by atoms with Crippen LogP contribution < -0.4 is 18.9 Å². The number of carbonyl (C=O) groups is 1. The summed E-state index contributed by atoms with van der Waals surface area (Å²) in [5.74, 6) is 2.48. The van der Waals surface area contributed by atoms with Crippen LogP contribution in [0.25, 0.3) is 11.3 Å². The summed E-state index contributed by atoms with van der Waals surface area (Å²) in [7, 11) is 6.23. The lowest BCUT2D eigenvalue weighted by Gasteiger charge is -2.22. The molecular weight excluding hydrogens is 460 g/mol. The van der Waals surface area contributed by atoms with E-state index >= 15 is 0 Å². The molecule has 4 aromatic rings. The number of benzene rings is 3. The molecule has 0 unspecified atom stereocenters. The highest BCUT2D eigenvalue weighted by Crippen LogP contribution is 2.41. The molecule has 0 saturated heterocycles. The van der Waals surface area contributed by atoms with Crippen LogP contribution in [0, 0.1) is 0 Å².